The fourth-order valence-corrected chi connectivity index (χ4v) is 3.12. The molecule has 1 saturated heterocycles. The first-order valence-corrected chi connectivity index (χ1v) is 7.90. The molecule has 1 heterocycles. The Bertz CT molecular complexity index is 760. The molecule has 1 fully saturated rings. The zero-order valence-corrected chi connectivity index (χ0v) is 13.2. The maximum absolute atomic E-state index is 13.8. The normalized spacial score (nSPS) is 16.7. The Balaban J connectivity index is 1.65. The fraction of sp³-hybridized carbons (Fsp3) is 0.316. The van der Waals surface area contributed by atoms with Crippen molar-refractivity contribution in [3.63, 3.8) is 0 Å². The number of nitrogens with zero attached hydrogens (tertiary/aromatic N) is 2. The summed E-state index contributed by atoms with van der Waals surface area (Å²) in [5.74, 6) is -1.23. The first-order chi connectivity index (χ1) is 11.5. The van der Waals surface area contributed by atoms with E-state index in [1.54, 1.807) is 12.1 Å². The largest absolute Gasteiger partial charge is 0.389 e. The van der Waals surface area contributed by atoms with Gasteiger partial charge < -0.3 is 10.0 Å². The molecule has 0 atom stereocenters. The molecule has 0 saturated carbocycles. The van der Waals surface area contributed by atoms with Crippen LogP contribution in [0.3, 0.4) is 0 Å². The van der Waals surface area contributed by atoms with Crippen molar-refractivity contribution in [3.8, 4) is 6.07 Å². The van der Waals surface area contributed by atoms with Gasteiger partial charge in [-0.05, 0) is 48.7 Å². The molecule has 1 aliphatic heterocycles. The van der Waals surface area contributed by atoms with Crippen LogP contribution in [0.1, 0.15) is 24.0 Å². The molecule has 0 unspecified atom stereocenters. The number of benzene rings is 2. The molecule has 0 spiro atoms. The minimum atomic E-state index is -0.984. The molecule has 3 rings (SSSR count). The van der Waals surface area contributed by atoms with Crippen molar-refractivity contribution < 1.29 is 13.9 Å². The molecule has 0 aliphatic carbocycles. The number of hydrogen-bond donors (Lipinski definition) is 1. The Morgan fingerprint density at radius 2 is 1.75 bits per heavy atom. The number of rotatable bonds is 3. The third-order valence-corrected chi connectivity index (χ3v) is 4.59. The number of anilines is 1. The Hall–Kier alpha value is -2.45. The highest BCUT2D eigenvalue weighted by molar-refractivity contribution is 5.50. The summed E-state index contributed by atoms with van der Waals surface area (Å²) in [6.45, 7) is 1.29. The fourth-order valence-electron chi connectivity index (χ4n) is 3.12. The van der Waals surface area contributed by atoms with Gasteiger partial charge in [-0.2, -0.15) is 5.26 Å². The summed E-state index contributed by atoms with van der Waals surface area (Å²) in [6, 6.07) is 12.9. The van der Waals surface area contributed by atoms with Crippen LogP contribution in [-0.4, -0.2) is 23.8 Å². The summed E-state index contributed by atoms with van der Waals surface area (Å²) < 4.78 is 26.8. The molecule has 0 bridgehead atoms. The highest BCUT2D eigenvalue weighted by atomic mass is 19.1. The predicted molar refractivity (Wildman–Crippen MR) is 87.6 cm³/mol. The Morgan fingerprint density at radius 1 is 1.08 bits per heavy atom. The number of aliphatic hydroxyl groups is 1. The highest BCUT2D eigenvalue weighted by Gasteiger charge is 2.33. The molecule has 0 aromatic heterocycles. The lowest BCUT2D eigenvalue weighted by molar-refractivity contribution is 0.0158. The third kappa shape index (κ3) is 3.55. The van der Waals surface area contributed by atoms with E-state index in [9.17, 15) is 13.9 Å². The first-order valence-electron chi connectivity index (χ1n) is 7.90. The number of hydrogen-bond acceptors (Lipinski definition) is 3. The van der Waals surface area contributed by atoms with Gasteiger partial charge in [-0.3, -0.25) is 0 Å². The van der Waals surface area contributed by atoms with Crippen molar-refractivity contribution in [3.05, 3.63) is 65.2 Å². The van der Waals surface area contributed by atoms with Gasteiger partial charge in [0.2, 0.25) is 0 Å². The van der Waals surface area contributed by atoms with Crippen LogP contribution in [0.2, 0.25) is 0 Å². The molecule has 0 radical (unpaired) electrons. The van der Waals surface area contributed by atoms with Gasteiger partial charge >= 0.3 is 0 Å². The van der Waals surface area contributed by atoms with Crippen LogP contribution in [0.15, 0.2) is 42.5 Å². The second-order valence-electron chi connectivity index (χ2n) is 6.28. The molecule has 0 amide bonds. The third-order valence-electron chi connectivity index (χ3n) is 4.59. The van der Waals surface area contributed by atoms with E-state index in [2.05, 4.69) is 11.0 Å². The van der Waals surface area contributed by atoms with Crippen molar-refractivity contribution in [1.29, 1.82) is 5.26 Å². The molecule has 24 heavy (non-hydrogen) atoms. The Morgan fingerprint density at radius 3 is 2.33 bits per heavy atom. The molecular formula is C19H18F2N2O. The van der Waals surface area contributed by atoms with E-state index in [0.29, 0.717) is 37.1 Å². The van der Waals surface area contributed by atoms with Crippen molar-refractivity contribution in [1.82, 2.24) is 0 Å². The summed E-state index contributed by atoms with van der Waals surface area (Å²) in [7, 11) is 0. The van der Waals surface area contributed by atoms with Gasteiger partial charge in [0.25, 0.3) is 0 Å². The molecule has 3 nitrogen and oxygen atoms in total. The standard InChI is InChI=1S/C19H18F2N2O/c20-16-4-3-15(18(21)11-16)12-19(24)7-9-23(10-8-19)17-5-1-14(13-22)2-6-17/h1-6,11,24H,7-10,12H2. The Labute approximate surface area is 139 Å². The molecule has 5 heteroatoms. The lowest BCUT2D eigenvalue weighted by Crippen LogP contribution is -2.45. The van der Waals surface area contributed by atoms with Crippen LogP contribution in [0, 0.1) is 23.0 Å². The van der Waals surface area contributed by atoms with E-state index in [1.165, 1.54) is 12.1 Å². The lowest BCUT2D eigenvalue weighted by Gasteiger charge is -2.39. The van der Waals surface area contributed by atoms with E-state index in [0.717, 1.165) is 11.8 Å². The second kappa shape index (κ2) is 6.58. The Kier molecular flexibility index (Phi) is 4.50. The number of halogens is 2. The first kappa shape index (κ1) is 16.4. The smallest absolute Gasteiger partial charge is 0.129 e. The lowest BCUT2D eigenvalue weighted by atomic mass is 9.85. The summed E-state index contributed by atoms with van der Waals surface area (Å²) >= 11 is 0. The van der Waals surface area contributed by atoms with Crippen molar-refractivity contribution in [2.45, 2.75) is 24.9 Å². The van der Waals surface area contributed by atoms with Crippen LogP contribution in [-0.2, 0) is 6.42 Å². The van der Waals surface area contributed by atoms with Gasteiger partial charge in [0, 0.05) is 31.3 Å². The monoisotopic (exact) mass is 328 g/mol. The predicted octanol–water partition coefficient (Wildman–Crippen LogP) is 3.41. The van der Waals surface area contributed by atoms with Gasteiger partial charge in [0.05, 0.1) is 17.2 Å². The maximum atomic E-state index is 13.8. The molecule has 2 aromatic rings. The quantitative estimate of drug-likeness (QED) is 0.939. The zero-order valence-electron chi connectivity index (χ0n) is 13.2. The van der Waals surface area contributed by atoms with Crippen LogP contribution < -0.4 is 4.90 Å². The van der Waals surface area contributed by atoms with E-state index < -0.39 is 17.2 Å². The van der Waals surface area contributed by atoms with Crippen molar-refractivity contribution in [2.75, 3.05) is 18.0 Å². The van der Waals surface area contributed by atoms with Crippen LogP contribution in [0.25, 0.3) is 0 Å². The summed E-state index contributed by atoms with van der Waals surface area (Å²) in [5, 5.41) is 19.6. The van der Waals surface area contributed by atoms with E-state index >= 15 is 0 Å². The molecule has 1 N–H and O–H groups in total. The minimum Gasteiger partial charge on any atom is -0.389 e. The van der Waals surface area contributed by atoms with Crippen molar-refractivity contribution in [2.24, 2.45) is 0 Å². The molecule has 124 valence electrons. The maximum Gasteiger partial charge on any atom is 0.129 e. The van der Waals surface area contributed by atoms with Crippen LogP contribution in [0.5, 0.6) is 0 Å². The molecular weight excluding hydrogens is 310 g/mol. The number of nitriles is 1. The van der Waals surface area contributed by atoms with Gasteiger partial charge in [-0.1, -0.05) is 6.07 Å². The number of piperidine rings is 1. The van der Waals surface area contributed by atoms with E-state index in [1.807, 2.05) is 12.1 Å². The van der Waals surface area contributed by atoms with Gasteiger partial charge in [0.1, 0.15) is 11.6 Å². The summed E-state index contributed by atoms with van der Waals surface area (Å²) in [6.07, 6.45) is 1.19. The average molecular weight is 328 g/mol. The zero-order chi connectivity index (χ0) is 17.2. The summed E-state index contributed by atoms with van der Waals surface area (Å²) in [4.78, 5) is 2.14. The average Bonchev–Trinajstić information content (AvgIpc) is 2.58. The van der Waals surface area contributed by atoms with Gasteiger partial charge in [-0.25, -0.2) is 8.78 Å². The SMILES string of the molecule is N#Cc1ccc(N2CCC(O)(Cc3ccc(F)cc3F)CC2)cc1. The van der Waals surface area contributed by atoms with Crippen LogP contribution >= 0.6 is 0 Å². The molecule has 2 aromatic carbocycles. The van der Waals surface area contributed by atoms with Gasteiger partial charge in [0.15, 0.2) is 0 Å². The summed E-state index contributed by atoms with van der Waals surface area (Å²) in [5.41, 5.74) is 0.968. The van der Waals surface area contributed by atoms with Gasteiger partial charge in [-0.15, -0.1) is 0 Å². The van der Waals surface area contributed by atoms with E-state index in [-0.39, 0.29) is 6.42 Å². The second-order valence-corrected chi connectivity index (χ2v) is 6.28. The minimum absolute atomic E-state index is 0.181. The topological polar surface area (TPSA) is 47.3 Å². The van der Waals surface area contributed by atoms with Crippen molar-refractivity contribution >= 4 is 5.69 Å². The molecule has 1 aliphatic rings. The highest BCUT2D eigenvalue weighted by Crippen LogP contribution is 2.30. The van der Waals surface area contributed by atoms with Crippen LogP contribution in [0.4, 0.5) is 14.5 Å². The van der Waals surface area contributed by atoms with E-state index in [4.69, 9.17) is 5.26 Å².